The summed E-state index contributed by atoms with van der Waals surface area (Å²) in [5.74, 6) is 0. The van der Waals surface area contributed by atoms with Crippen molar-refractivity contribution in [3.8, 4) is 0 Å². The van der Waals surface area contributed by atoms with Crippen molar-refractivity contribution in [1.29, 1.82) is 0 Å². The van der Waals surface area contributed by atoms with Gasteiger partial charge in [-0.15, -0.1) is 0 Å². The highest BCUT2D eigenvalue weighted by molar-refractivity contribution is 7.90. The predicted molar refractivity (Wildman–Crippen MR) is 54.3 cm³/mol. The Balaban J connectivity index is 3.39. The highest BCUT2D eigenvalue weighted by atomic mass is 32.2. The molecule has 6 nitrogen and oxygen atoms in total. The number of carbonyl (C=O) groups excluding carboxylic acids is 2. The van der Waals surface area contributed by atoms with Crippen LogP contribution in [0, 0.1) is 6.92 Å². The van der Waals surface area contributed by atoms with Gasteiger partial charge in [0.2, 0.25) is 6.08 Å². The zero-order valence-corrected chi connectivity index (χ0v) is 8.98. The van der Waals surface area contributed by atoms with Crippen molar-refractivity contribution >= 4 is 27.9 Å². The largest absolute Gasteiger partial charge is 0.292 e. The van der Waals surface area contributed by atoms with Crippen molar-refractivity contribution in [3.05, 3.63) is 23.8 Å². The van der Waals surface area contributed by atoms with E-state index in [0.717, 1.165) is 6.08 Å². The van der Waals surface area contributed by atoms with Crippen LogP contribution in [0.5, 0.6) is 0 Å². The third-order valence-corrected chi connectivity index (χ3v) is 3.10. The van der Waals surface area contributed by atoms with Gasteiger partial charge in [0.25, 0.3) is 16.1 Å². The first-order valence-electron chi connectivity index (χ1n) is 4.04. The molecule has 0 saturated carbocycles. The maximum atomic E-state index is 11.4. The van der Waals surface area contributed by atoms with Crippen LogP contribution in [0.4, 0.5) is 5.69 Å². The van der Waals surface area contributed by atoms with Gasteiger partial charge in [0, 0.05) is 0 Å². The molecule has 0 aromatic heterocycles. The Morgan fingerprint density at radius 2 is 1.88 bits per heavy atom. The normalized spacial score (nSPS) is 10.1. The fourth-order valence-corrected chi connectivity index (χ4v) is 2.05. The van der Waals surface area contributed by atoms with E-state index in [1.165, 1.54) is 31.2 Å². The molecule has 1 aromatic rings. The minimum atomic E-state index is -4.01. The van der Waals surface area contributed by atoms with Crippen LogP contribution in [0.15, 0.2) is 32.5 Å². The molecule has 0 radical (unpaired) electrons. The Bertz CT molecular complexity index is 608. The van der Waals surface area contributed by atoms with Gasteiger partial charge in [-0.25, -0.2) is 9.59 Å². The van der Waals surface area contributed by atoms with Gasteiger partial charge in [-0.2, -0.15) is 13.4 Å². The first-order chi connectivity index (χ1) is 7.51. The summed E-state index contributed by atoms with van der Waals surface area (Å²) in [6, 6.07) is 3.89. The van der Waals surface area contributed by atoms with Gasteiger partial charge in [-0.05, 0) is 30.7 Å². The van der Waals surface area contributed by atoms with Crippen LogP contribution in [0.25, 0.3) is 0 Å². The lowest BCUT2D eigenvalue weighted by atomic mass is 10.2. The number of rotatable bonds is 3. The summed E-state index contributed by atoms with van der Waals surface area (Å²) >= 11 is 0. The smallest absolute Gasteiger partial charge is 0.211 e. The topological polar surface area (TPSA) is 93.0 Å². The number of hydrogen-bond donors (Lipinski definition) is 0. The zero-order chi connectivity index (χ0) is 12.2. The van der Waals surface area contributed by atoms with E-state index >= 15 is 0 Å². The molecule has 0 spiro atoms. The van der Waals surface area contributed by atoms with Crippen molar-refractivity contribution < 1.29 is 18.0 Å². The molecule has 1 rings (SSSR count). The molecule has 1 aromatic carbocycles. The third-order valence-electron chi connectivity index (χ3n) is 1.77. The summed E-state index contributed by atoms with van der Waals surface area (Å²) in [6.07, 6.45) is 2.31. The van der Waals surface area contributed by atoms with Gasteiger partial charge in [0.05, 0.1) is 10.6 Å². The number of aryl methyl sites for hydroxylation is 1. The van der Waals surface area contributed by atoms with Crippen molar-refractivity contribution in [2.24, 2.45) is 9.39 Å². The summed E-state index contributed by atoms with van der Waals surface area (Å²) in [5.41, 5.74) is 0.608. The minimum Gasteiger partial charge on any atom is -0.211 e. The maximum absolute atomic E-state index is 11.4. The molecular formula is C9H6N2O4S. The molecule has 0 heterocycles. The Morgan fingerprint density at radius 1 is 1.19 bits per heavy atom. The van der Waals surface area contributed by atoms with E-state index in [9.17, 15) is 18.0 Å². The summed E-state index contributed by atoms with van der Waals surface area (Å²) in [6.45, 7) is 1.50. The second-order valence-electron chi connectivity index (χ2n) is 2.81. The molecule has 0 atom stereocenters. The van der Waals surface area contributed by atoms with Crippen LogP contribution in [-0.4, -0.2) is 20.6 Å². The lowest BCUT2D eigenvalue weighted by Gasteiger charge is -2.01. The van der Waals surface area contributed by atoms with Crippen LogP contribution in [-0.2, 0) is 19.6 Å². The van der Waals surface area contributed by atoms with Crippen LogP contribution in [0.1, 0.15) is 5.56 Å². The number of sulfonamides is 1. The molecule has 7 heteroatoms. The molecule has 0 saturated heterocycles. The number of nitrogens with zero attached hydrogens (tertiary/aromatic N) is 2. The maximum Gasteiger partial charge on any atom is 0.292 e. The van der Waals surface area contributed by atoms with E-state index < -0.39 is 10.0 Å². The molecule has 0 aliphatic rings. The van der Waals surface area contributed by atoms with Crippen molar-refractivity contribution in [3.63, 3.8) is 0 Å². The third kappa shape index (κ3) is 2.49. The molecule has 82 valence electrons. The highest BCUT2D eigenvalue weighted by Crippen LogP contribution is 2.22. The lowest BCUT2D eigenvalue weighted by molar-refractivity contribution is 0.563. The monoisotopic (exact) mass is 238 g/mol. The van der Waals surface area contributed by atoms with Crippen molar-refractivity contribution in [1.82, 2.24) is 0 Å². The van der Waals surface area contributed by atoms with E-state index in [4.69, 9.17) is 0 Å². The van der Waals surface area contributed by atoms with Gasteiger partial charge >= 0.3 is 0 Å². The fourth-order valence-electron chi connectivity index (χ4n) is 1.14. The van der Waals surface area contributed by atoms with Crippen LogP contribution < -0.4 is 0 Å². The Kier molecular flexibility index (Phi) is 3.48. The number of aliphatic imine (C=N–C) groups is 1. The Morgan fingerprint density at radius 3 is 2.38 bits per heavy atom. The van der Waals surface area contributed by atoms with Gasteiger partial charge in [-0.1, -0.05) is 4.40 Å². The minimum absolute atomic E-state index is 0.124. The Labute approximate surface area is 91.4 Å². The molecule has 0 amide bonds. The molecule has 0 aliphatic heterocycles. The molecule has 0 N–H and O–H groups in total. The van der Waals surface area contributed by atoms with Crippen LogP contribution >= 0.6 is 0 Å². The van der Waals surface area contributed by atoms with Crippen LogP contribution in [0.2, 0.25) is 0 Å². The number of isocyanates is 2. The second-order valence-corrected chi connectivity index (χ2v) is 4.38. The molecule has 0 aliphatic carbocycles. The SMILES string of the molecule is Cc1cc(N=C=O)ccc1S(=O)(=O)N=C=O. The molecule has 16 heavy (non-hydrogen) atoms. The molecule has 0 bridgehead atoms. The first-order valence-corrected chi connectivity index (χ1v) is 5.48. The predicted octanol–water partition coefficient (Wildman–Crippen LogP) is 0.987. The molecule has 0 unspecified atom stereocenters. The summed E-state index contributed by atoms with van der Waals surface area (Å²) < 4.78 is 25.5. The number of benzene rings is 1. The zero-order valence-electron chi connectivity index (χ0n) is 8.17. The van der Waals surface area contributed by atoms with E-state index in [2.05, 4.69) is 9.39 Å². The van der Waals surface area contributed by atoms with Crippen molar-refractivity contribution in [2.45, 2.75) is 11.8 Å². The van der Waals surface area contributed by atoms with Crippen LogP contribution in [0.3, 0.4) is 0 Å². The summed E-state index contributed by atoms with van der Waals surface area (Å²) in [4.78, 5) is 23.1. The summed E-state index contributed by atoms with van der Waals surface area (Å²) in [7, 11) is -4.01. The number of hydrogen-bond acceptors (Lipinski definition) is 5. The second kappa shape index (κ2) is 4.63. The quantitative estimate of drug-likeness (QED) is 0.579. The Hall–Kier alpha value is -2.07. The van der Waals surface area contributed by atoms with Gasteiger partial charge < -0.3 is 0 Å². The van der Waals surface area contributed by atoms with E-state index in [1.807, 2.05) is 0 Å². The van der Waals surface area contributed by atoms with E-state index in [1.54, 1.807) is 0 Å². The fraction of sp³-hybridized carbons (Fsp3) is 0.111. The molecular weight excluding hydrogens is 232 g/mol. The first kappa shape index (κ1) is 12.0. The van der Waals surface area contributed by atoms with Gasteiger partial charge in [-0.3, -0.25) is 0 Å². The standard InChI is InChI=1S/C9H6N2O4S/c1-7-4-8(10-5-12)2-3-9(7)16(14,15)11-6-13/h2-4H,1H3. The van der Waals surface area contributed by atoms with E-state index in [0.29, 0.717) is 5.56 Å². The van der Waals surface area contributed by atoms with Gasteiger partial charge in [0.1, 0.15) is 0 Å². The average Bonchev–Trinajstić information content (AvgIpc) is 2.17. The highest BCUT2D eigenvalue weighted by Gasteiger charge is 2.15. The lowest BCUT2D eigenvalue weighted by Crippen LogP contribution is -1.98. The van der Waals surface area contributed by atoms with Gasteiger partial charge in [0.15, 0.2) is 0 Å². The van der Waals surface area contributed by atoms with Crippen molar-refractivity contribution in [2.75, 3.05) is 0 Å². The average molecular weight is 238 g/mol. The summed E-state index contributed by atoms with van der Waals surface area (Å²) in [5, 5.41) is 0. The molecule has 0 fully saturated rings. The van der Waals surface area contributed by atoms with E-state index in [-0.39, 0.29) is 10.6 Å².